The average Bonchev–Trinajstić information content (AvgIpc) is 2.98. The third-order valence-electron chi connectivity index (χ3n) is 5.55. The maximum absolute atomic E-state index is 13.3. The molecule has 0 radical (unpaired) electrons. The highest BCUT2D eigenvalue weighted by molar-refractivity contribution is 5.89. The Morgan fingerprint density at radius 3 is 2.60 bits per heavy atom. The Hall–Kier alpha value is -2.62. The van der Waals surface area contributed by atoms with Crippen LogP contribution in [0.2, 0.25) is 0 Å². The highest BCUT2D eigenvalue weighted by atomic mass is 16.4. The fraction of sp³-hybridized carbons (Fsp3) is 0.333. The van der Waals surface area contributed by atoms with E-state index in [1.165, 1.54) is 0 Å². The molecule has 2 aromatic rings. The Morgan fingerprint density at radius 1 is 1.08 bits per heavy atom. The number of carbonyl (C=O) groups is 2. The van der Waals surface area contributed by atoms with Gasteiger partial charge in [0.2, 0.25) is 5.91 Å². The molecule has 0 bridgehead atoms. The van der Waals surface area contributed by atoms with Crippen LogP contribution in [-0.4, -0.2) is 28.4 Å². The number of aromatic carboxylic acids is 1. The van der Waals surface area contributed by atoms with Crippen molar-refractivity contribution in [2.75, 3.05) is 6.54 Å². The Labute approximate surface area is 147 Å². The van der Waals surface area contributed by atoms with Crippen molar-refractivity contribution in [1.29, 1.82) is 0 Å². The van der Waals surface area contributed by atoms with E-state index in [2.05, 4.69) is 12.1 Å². The van der Waals surface area contributed by atoms with Gasteiger partial charge in [0.1, 0.15) is 0 Å². The Balaban J connectivity index is 1.58. The van der Waals surface area contributed by atoms with E-state index in [0.29, 0.717) is 18.5 Å². The lowest BCUT2D eigenvalue weighted by Gasteiger charge is -2.39. The molecule has 0 saturated carbocycles. The van der Waals surface area contributed by atoms with E-state index in [9.17, 15) is 14.7 Å². The minimum atomic E-state index is -0.913. The molecule has 1 amide bonds. The summed E-state index contributed by atoms with van der Waals surface area (Å²) >= 11 is 0. The quantitative estimate of drug-likeness (QED) is 0.936. The monoisotopic (exact) mass is 335 g/mol. The van der Waals surface area contributed by atoms with Crippen LogP contribution in [0.4, 0.5) is 0 Å². The van der Waals surface area contributed by atoms with Gasteiger partial charge in [-0.2, -0.15) is 0 Å². The Bertz CT molecular complexity index is 830. The molecule has 128 valence electrons. The summed E-state index contributed by atoms with van der Waals surface area (Å²) in [5.41, 5.74) is 3.22. The number of rotatable bonds is 3. The van der Waals surface area contributed by atoms with Gasteiger partial charge in [-0.1, -0.05) is 36.4 Å². The molecule has 1 fully saturated rings. The van der Waals surface area contributed by atoms with E-state index < -0.39 is 5.97 Å². The largest absolute Gasteiger partial charge is 0.478 e. The topological polar surface area (TPSA) is 57.6 Å². The summed E-state index contributed by atoms with van der Waals surface area (Å²) in [4.78, 5) is 26.4. The summed E-state index contributed by atoms with van der Waals surface area (Å²) in [6, 6.07) is 15.4. The molecule has 1 saturated heterocycles. The molecule has 1 aliphatic heterocycles. The summed E-state index contributed by atoms with van der Waals surface area (Å²) < 4.78 is 0. The zero-order valence-electron chi connectivity index (χ0n) is 14.1. The lowest BCUT2D eigenvalue weighted by Crippen LogP contribution is -2.48. The highest BCUT2D eigenvalue weighted by Gasteiger charge is 2.47. The van der Waals surface area contributed by atoms with Crippen molar-refractivity contribution in [2.24, 2.45) is 5.41 Å². The number of benzene rings is 2. The summed E-state index contributed by atoms with van der Waals surface area (Å²) in [7, 11) is 0. The van der Waals surface area contributed by atoms with E-state index in [1.54, 1.807) is 12.1 Å². The van der Waals surface area contributed by atoms with Gasteiger partial charge in [-0.15, -0.1) is 0 Å². The third kappa shape index (κ3) is 2.82. The van der Waals surface area contributed by atoms with Gasteiger partial charge in [0.15, 0.2) is 0 Å². The molecule has 1 spiro atoms. The van der Waals surface area contributed by atoms with Crippen LogP contribution in [-0.2, 0) is 24.2 Å². The molecular weight excluding hydrogens is 314 g/mol. The van der Waals surface area contributed by atoms with Gasteiger partial charge < -0.3 is 10.0 Å². The molecular formula is C21H21NO3. The molecule has 2 aromatic carbocycles. The van der Waals surface area contributed by atoms with Crippen LogP contribution in [0, 0.1) is 5.41 Å². The number of carboxylic acid groups (broad SMARTS) is 1. The van der Waals surface area contributed by atoms with Crippen LogP contribution < -0.4 is 0 Å². The second-order valence-corrected chi connectivity index (χ2v) is 7.24. The van der Waals surface area contributed by atoms with Crippen molar-refractivity contribution in [3.8, 4) is 0 Å². The van der Waals surface area contributed by atoms with Crippen molar-refractivity contribution in [2.45, 2.75) is 32.2 Å². The molecule has 1 aliphatic carbocycles. The smallest absolute Gasteiger partial charge is 0.335 e. The predicted molar refractivity (Wildman–Crippen MR) is 94.3 cm³/mol. The number of carbonyl (C=O) groups excluding carboxylic acids is 1. The van der Waals surface area contributed by atoms with Gasteiger partial charge in [0.25, 0.3) is 0 Å². The summed E-state index contributed by atoms with van der Waals surface area (Å²) in [6.07, 6.45) is 3.27. The van der Waals surface area contributed by atoms with E-state index in [1.807, 2.05) is 29.2 Å². The van der Waals surface area contributed by atoms with Gasteiger partial charge in [0.05, 0.1) is 11.0 Å². The van der Waals surface area contributed by atoms with Crippen molar-refractivity contribution in [1.82, 2.24) is 4.90 Å². The standard InChI is InChI=1S/C21H21NO3/c23-19(24)16-7-8-17-12-21(13-18(17)11-16)9-4-10-22(20(21)25)14-15-5-2-1-3-6-15/h1-3,5-8,11H,4,9-10,12-14H2,(H,23,24)/t21-/m0/s1. The Kier molecular flexibility index (Phi) is 3.83. The number of fused-ring (bicyclic) bond motifs is 1. The molecule has 4 heteroatoms. The molecule has 1 heterocycles. The van der Waals surface area contributed by atoms with Crippen LogP contribution in [0.5, 0.6) is 0 Å². The second kappa shape index (κ2) is 6.03. The molecule has 1 atom stereocenters. The zero-order valence-corrected chi connectivity index (χ0v) is 14.1. The first kappa shape index (κ1) is 15.9. The van der Waals surface area contributed by atoms with Crippen molar-refractivity contribution in [3.63, 3.8) is 0 Å². The normalized spacial score (nSPS) is 22.2. The fourth-order valence-electron chi connectivity index (χ4n) is 4.32. The lowest BCUT2D eigenvalue weighted by atomic mass is 9.76. The minimum Gasteiger partial charge on any atom is -0.478 e. The van der Waals surface area contributed by atoms with Gasteiger partial charge in [-0.05, 0) is 54.5 Å². The van der Waals surface area contributed by atoms with E-state index in [0.717, 1.165) is 42.5 Å². The number of nitrogens with zero attached hydrogens (tertiary/aromatic N) is 1. The predicted octanol–water partition coefficient (Wildman–Crippen LogP) is 3.29. The van der Waals surface area contributed by atoms with Gasteiger partial charge in [-0.25, -0.2) is 4.79 Å². The number of hydrogen-bond acceptors (Lipinski definition) is 2. The third-order valence-corrected chi connectivity index (χ3v) is 5.55. The molecule has 25 heavy (non-hydrogen) atoms. The van der Waals surface area contributed by atoms with E-state index in [-0.39, 0.29) is 11.3 Å². The maximum Gasteiger partial charge on any atom is 0.335 e. The highest BCUT2D eigenvalue weighted by Crippen LogP contribution is 2.44. The first-order valence-electron chi connectivity index (χ1n) is 8.76. The van der Waals surface area contributed by atoms with Crippen LogP contribution in [0.3, 0.4) is 0 Å². The molecule has 0 unspecified atom stereocenters. The molecule has 0 aromatic heterocycles. The van der Waals surface area contributed by atoms with Gasteiger partial charge >= 0.3 is 5.97 Å². The second-order valence-electron chi connectivity index (χ2n) is 7.24. The average molecular weight is 335 g/mol. The van der Waals surface area contributed by atoms with Crippen molar-refractivity contribution >= 4 is 11.9 Å². The molecule has 4 rings (SSSR count). The zero-order chi connectivity index (χ0) is 17.4. The molecule has 4 nitrogen and oxygen atoms in total. The van der Waals surface area contributed by atoms with Crippen molar-refractivity contribution in [3.05, 3.63) is 70.8 Å². The number of carboxylic acids is 1. The van der Waals surface area contributed by atoms with E-state index in [4.69, 9.17) is 0 Å². The summed E-state index contributed by atoms with van der Waals surface area (Å²) in [5, 5.41) is 9.20. The first-order valence-corrected chi connectivity index (χ1v) is 8.76. The summed E-state index contributed by atoms with van der Waals surface area (Å²) in [5.74, 6) is -0.694. The van der Waals surface area contributed by atoms with Crippen LogP contribution in [0.15, 0.2) is 48.5 Å². The van der Waals surface area contributed by atoms with Crippen LogP contribution >= 0.6 is 0 Å². The number of piperidine rings is 1. The van der Waals surface area contributed by atoms with Gasteiger partial charge in [-0.3, -0.25) is 4.79 Å². The van der Waals surface area contributed by atoms with Crippen molar-refractivity contribution < 1.29 is 14.7 Å². The Morgan fingerprint density at radius 2 is 1.84 bits per heavy atom. The lowest BCUT2D eigenvalue weighted by molar-refractivity contribution is -0.146. The minimum absolute atomic E-state index is 0.218. The van der Waals surface area contributed by atoms with Gasteiger partial charge in [0, 0.05) is 13.1 Å². The molecule has 1 N–H and O–H groups in total. The number of likely N-dealkylation sites (tertiary alicyclic amines) is 1. The van der Waals surface area contributed by atoms with Crippen LogP contribution in [0.25, 0.3) is 0 Å². The summed E-state index contributed by atoms with van der Waals surface area (Å²) in [6.45, 7) is 1.45. The molecule has 2 aliphatic rings. The van der Waals surface area contributed by atoms with E-state index >= 15 is 0 Å². The SMILES string of the molecule is O=C(O)c1ccc2c(c1)C[C@]1(CCCN(Cc3ccccc3)C1=O)C2. The fourth-order valence-corrected chi connectivity index (χ4v) is 4.32. The number of hydrogen-bond donors (Lipinski definition) is 1. The first-order chi connectivity index (χ1) is 12.1. The van der Waals surface area contributed by atoms with Crippen LogP contribution in [0.1, 0.15) is 39.9 Å². The maximum atomic E-state index is 13.3. The number of amides is 1.